The van der Waals surface area contributed by atoms with Crippen molar-refractivity contribution in [1.29, 1.82) is 0 Å². The topological polar surface area (TPSA) is 81.9 Å². The predicted molar refractivity (Wildman–Crippen MR) is 78.8 cm³/mol. The van der Waals surface area contributed by atoms with Gasteiger partial charge in [0.15, 0.2) is 0 Å². The maximum Gasteiger partial charge on any atom is 0.307 e. The van der Waals surface area contributed by atoms with Crippen LogP contribution in [0.3, 0.4) is 0 Å². The van der Waals surface area contributed by atoms with Crippen LogP contribution < -0.4 is 4.90 Å². The summed E-state index contributed by atoms with van der Waals surface area (Å²) < 4.78 is 9.62. The molecule has 0 unspecified atom stereocenters. The molecule has 0 aliphatic carbocycles. The van der Waals surface area contributed by atoms with Crippen molar-refractivity contribution in [2.45, 2.75) is 6.42 Å². The summed E-state index contributed by atoms with van der Waals surface area (Å²) in [5.74, 6) is -0.338. The summed E-state index contributed by atoms with van der Waals surface area (Å²) in [6.07, 6.45) is 0.188. The van der Waals surface area contributed by atoms with Gasteiger partial charge in [-0.2, -0.15) is 0 Å². The third kappa shape index (κ3) is 5.20. The third-order valence-electron chi connectivity index (χ3n) is 2.86. The average molecular weight is 317 g/mol. The van der Waals surface area contributed by atoms with Gasteiger partial charge in [0.05, 0.1) is 35.8 Å². The van der Waals surface area contributed by atoms with E-state index in [1.54, 1.807) is 13.2 Å². The number of methoxy groups -OCH3 is 2. The van der Waals surface area contributed by atoms with Crippen LogP contribution in [-0.4, -0.2) is 44.8 Å². The molecule has 0 radical (unpaired) electrons. The van der Waals surface area contributed by atoms with E-state index in [2.05, 4.69) is 4.74 Å². The second-order valence-electron chi connectivity index (χ2n) is 4.20. The second-order valence-corrected chi connectivity index (χ2v) is 4.61. The number of carbonyl (C=O) groups is 1. The first-order valence-electron chi connectivity index (χ1n) is 6.24. The Labute approximate surface area is 127 Å². The van der Waals surface area contributed by atoms with E-state index >= 15 is 0 Å². The van der Waals surface area contributed by atoms with Crippen molar-refractivity contribution in [2.75, 3.05) is 38.8 Å². The van der Waals surface area contributed by atoms with E-state index in [1.165, 1.54) is 19.2 Å². The Balaban J connectivity index is 2.91. The summed E-state index contributed by atoms with van der Waals surface area (Å²) in [7, 11) is 2.89. The van der Waals surface area contributed by atoms with E-state index in [9.17, 15) is 14.9 Å². The van der Waals surface area contributed by atoms with E-state index in [0.29, 0.717) is 25.4 Å². The maximum atomic E-state index is 11.2. The number of nitrogens with zero attached hydrogens (tertiary/aromatic N) is 2. The first-order chi connectivity index (χ1) is 9.99. The van der Waals surface area contributed by atoms with E-state index in [-0.39, 0.29) is 23.1 Å². The SMILES string of the molecule is COCCN(CCC(=O)OC)c1ccc([N+](=O)[O-])cc1Cl. The van der Waals surface area contributed by atoms with Gasteiger partial charge in [-0.3, -0.25) is 14.9 Å². The number of anilines is 1. The predicted octanol–water partition coefficient (Wildman–Crippen LogP) is 2.26. The zero-order chi connectivity index (χ0) is 15.8. The molecule has 0 saturated carbocycles. The molecule has 0 saturated heterocycles. The maximum absolute atomic E-state index is 11.2. The summed E-state index contributed by atoms with van der Waals surface area (Å²) >= 11 is 6.09. The summed E-state index contributed by atoms with van der Waals surface area (Å²) in [5.41, 5.74) is 0.534. The summed E-state index contributed by atoms with van der Waals surface area (Å²) in [6, 6.07) is 4.22. The molecule has 0 atom stereocenters. The van der Waals surface area contributed by atoms with Gasteiger partial charge in [-0.15, -0.1) is 0 Å². The number of benzene rings is 1. The Bertz CT molecular complexity index is 509. The fourth-order valence-corrected chi connectivity index (χ4v) is 2.04. The minimum Gasteiger partial charge on any atom is -0.469 e. The number of non-ortho nitro benzene ring substituents is 1. The molecule has 8 heteroatoms. The molecule has 21 heavy (non-hydrogen) atoms. The van der Waals surface area contributed by atoms with E-state index in [4.69, 9.17) is 16.3 Å². The molecule has 7 nitrogen and oxygen atoms in total. The molecule has 0 aliphatic heterocycles. The molecule has 1 aromatic rings. The minimum absolute atomic E-state index is 0.0802. The van der Waals surface area contributed by atoms with E-state index in [1.807, 2.05) is 4.90 Å². The van der Waals surface area contributed by atoms with Crippen molar-refractivity contribution in [1.82, 2.24) is 0 Å². The van der Waals surface area contributed by atoms with Crippen molar-refractivity contribution in [3.05, 3.63) is 33.3 Å². The van der Waals surface area contributed by atoms with Crippen molar-refractivity contribution in [3.8, 4) is 0 Å². The van der Waals surface area contributed by atoms with Crippen LogP contribution in [0.25, 0.3) is 0 Å². The highest BCUT2D eigenvalue weighted by Crippen LogP contribution is 2.29. The van der Waals surface area contributed by atoms with Gasteiger partial charge in [-0.1, -0.05) is 11.6 Å². The smallest absolute Gasteiger partial charge is 0.307 e. The van der Waals surface area contributed by atoms with Gasteiger partial charge < -0.3 is 14.4 Å². The lowest BCUT2D eigenvalue weighted by molar-refractivity contribution is -0.384. The fraction of sp³-hybridized carbons (Fsp3) is 0.462. The molecule has 116 valence electrons. The second kappa shape index (κ2) is 8.43. The van der Waals surface area contributed by atoms with Crippen LogP contribution in [-0.2, 0) is 14.3 Å². The first-order valence-corrected chi connectivity index (χ1v) is 6.62. The van der Waals surface area contributed by atoms with Gasteiger partial charge in [-0.25, -0.2) is 0 Å². The summed E-state index contributed by atoms with van der Waals surface area (Å²) in [4.78, 5) is 23.3. The van der Waals surface area contributed by atoms with Crippen LogP contribution in [0.15, 0.2) is 18.2 Å². The molecule has 0 spiro atoms. The number of hydrogen-bond donors (Lipinski definition) is 0. The summed E-state index contributed by atoms with van der Waals surface area (Å²) in [5, 5.41) is 11.0. The number of nitro groups is 1. The lowest BCUT2D eigenvalue weighted by Gasteiger charge is -2.25. The van der Waals surface area contributed by atoms with Gasteiger partial charge in [-0.05, 0) is 6.07 Å². The quantitative estimate of drug-likeness (QED) is 0.415. The van der Waals surface area contributed by atoms with E-state index in [0.717, 1.165) is 0 Å². The van der Waals surface area contributed by atoms with Gasteiger partial charge in [0.2, 0.25) is 0 Å². The number of rotatable bonds is 8. The number of nitro benzene ring substituents is 1. The molecule has 1 aromatic carbocycles. The highest BCUT2D eigenvalue weighted by atomic mass is 35.5. The molecular formula is C13H17ClN2O5. The molecular weight excluding hydrogens is 300 g/mol. The molecule has 0 amide bonds. The molecule has 0 heterocycles. The Morgan fingerprint density at radius 2 is 2.10 bits per heavy atom. The molecule has 0 bridgehead atoms. The zero-order valence-electron chi connectivity index (χ0n) is 11.9. The molecule has 0 aromatic heterocycles. The van der Waals surface area contributed by atoms with Crippen LogP contribution in [0, 0.1) is 10.1 Å². The molecule has 0 N–H and O–H groups in total. The van der Waals surface area contributed by atoms with Crippen LogP contribution in [0.2, 0.25) is 5.02 Å². The van der Waals surface area contributed by atoms with Crippen molar-refractivity contribution < 1.29 is 19.2 Å². The fourth-order valence-electron chi connectivity index (χ4n) is 1.75. The molecule has 1 rings (SSSR count). The number of hydrogen-bond acceptors (Lipinski definition) is 6. The van der Waals surface area contributed by atoms with E-state index < -0.39 is 4.92 Å². The van der Waals surface area contributed by atoms with Crippen LogP contribution >= 0.6 is 11.6 Å². The van der Waals surface area contributed by atoms with Gasteiger partial charge in [0.25, 0.3) is 5.69 Å². The number of esters is 1. The number of carbonyl (C=O) groups excluding carboxylic acids is 1. The van der Waals surface area contributed by atoms with Crippen molar-refractivity contribution >= 4 is 28.9 Å². The van der Waals surface area contributed by atoms with Crippen LogP contribution in [0.1, 0.15) is 6.42 Å². The normalized spacial score (nSPS) is 10.2. The first kappa shape index (κ1) is 17.2. The van der Waals surface area contributed by atoms with Crippen molar-refractivity contribution in [2.24, 2.45) is 0 Å². The summed E-state index contributed by atoms with van der Waals surface area (Å²) in [6.45, 7) is 1.33. The zero-order valence-corrected chi connectivity index (χ0v) is 12.6. The average Bonchev–Trinajstić information content (AvgIpc) is 2.47. The number of halogens is 1. The lowest BCUT2D eigenvalue weighted by atomic mass is 10.2. The highest BCUT2D eigenvalue weighted by molar-refractivity contribution is 6.33. The largest absolute Gasteiger partial charge is 0.469 e. The Morgan fingerprint density at radius 1 is 1.38 bits per heavy atom. The Morgan fingerprint density at radius 3 is 2.62 bits per heavy atom. The monoisotopic (exact) mass is 316 g/mol. The third-order valence-corrected chi connectivity index (χ3v) is 3.16. The van der Waals surface area contributed by atoms with Gasteiger partial charge in [0.1, 0.15) is 0 Å². The van der Waals surface area contributed by atoms with Crippen LogP contribution in [0.4, 0.5) is 11.4 Å². The molecule has 0 fully saturated rings. The Hall–Kier alpha value is -1.86. The van der Waals surface area contributed by atoms with Crippen LogP contribution in [0.5, 0.6) is 0 Å². The standard InChI is InChI=1S/C13H17ClN2O5/c1-20-8-7-15(6-5-13(17)21-2)12-4-3-10(16(18)19)9-11(12)14/h3-4,9H,5-8H2,1-2H3. The van der Waals surface area contributed by atoms with Gasteiger partial charge >= 0.3 is 5.97 Å². The highest BCUT2D eigenvalue weighted by Gasteiger charge is 2.15. The lowest BCUT2D eigenvalue weighted by Crippen LogP contribution is -2.30. The van der Waals surface area contributed by atoms with Crippen molar-refractivity contribution in [3.63, 3.8) is 0 Å². The minimum atomic E-state index is -0.510. The Kier molecular flexibility index (Phi) is 6.90. The number of ether oxygens (including phenoxy) is 2. The molecule has 0 aliphatic rings. The van der Waals surface area contributed by atoms with Gasteiger partial charge in [0, 0.05) is 32.3 Å².